The van der Waals surface area contributed by atoms with Crippen molar-refractivity contribution in [1.82, 2.24) is 4.90 Å². The van der Waals surface area contributed by atoms with Crippen molar-refractivity contribution in [3.63, 3.8) is 0 Å². The summed E-state index contributed by atoms with van der Waals surface area (Å²) >= 11 is 7.11. The van der Waals surface area contributed by atoms with Gasteiger partial charge in [0.2, 0.25) is 0 Å². The normalized spacial score (nSPS) is 15.9. The fraction of sp³-hybridized carbons (Fsp3) is 0.476. The molecule has 0 unspecified atom stereocenters. The molecule has 0 radical (unpaired) electrons. The zero-order chi connectivity index (χ0) is 22.6. The summed E-state index contributed by atoms with van der Waals surface area (Å²) in [6.45, 7) is 10.7. The van der Waals surface area contributed by atoms with E-state index in [0.29, 0.717) is 28.7 Å². The maximum atomic E-state index is 12.6. The molecule has 7 nitrogen and oxygen atoms in total. The molecule has 9 heteroatoms. The maximum Gasteiger partial charge on any atom is 0.326 e. The van der Waals surface area contributed by atoms with Crippen LogP contribution in [0.3, 0.4) is 0 Å². The lowest BCUT2D eigenvalue weighted by molar-refractivity contribution is -0.156. The number of benzene rings is 1. The Labute approximate surface area is 185 Å². The predicted octanol–water partition coefficient (Wildman–Crippen LogP) is 4.90. The predicted molar refractivity (Wildman–Crippen MR) is 117 cm³/mol. The van der Waals surface area contributed by atoms with Crippen molar-refractivity contribution in [3.05, 3.63) is 27.6 Å². The molecule has 1 heterocycles. The molecule has 164 valence electrons. The van der Waals surface area contributed by atoms with Crippen molar-refractivity contribution in [1.29, 1.82) is 0 Å². The highest BCUT2D eigenvalue weighted by atomic mass is 35.5. The Morgan fingerprint density at radius 3 is 2.50 bits per heavy atom. The molecule has 0 aliphatic carbocycles. The minimum atomic E-state index is -0.707. The van der Waals surface area contributed by atoms with Crippen LogP contribution in [0.15, 0.2) is 17.0 Å². The lowest BCUT2D eigenvalue weighted by Gasteiger charge is -2.21. The van der Waals surface area contributed by atoms with E-state index in [1.54, 1.807) is 32.9 Å². The van der Waals surface area contributed by atoms with Crippen LogP contribution in [0.4, 0.5) is 4.79 Å². The number of hydrogen-bond acceptors (Lipinski definition) is 7. The first-order valence-corrected chi connectivity index (χ1v) is 10.7. The van der Waals surface area contributed by atoms with E-state index >= 15 is 0 Å². The van der Waals surface area contributed by atoms with Gasteiger partial charge in [-0.15, -0.1) is 0 Å². The lowest BCUT2D eigenvalue weighted by atomic mass is 10.1. The molecule has 0 spiro atoms. The van der Waals surface area contributed by atoms with E-state index in [2.05, 4.69) is 0 Å². The van der Waals surface area contributed by atoms with Crippen LogP contribution in [0, 0.1) is 0 Å². The number of carbonyl (C=O) groups is 3. The molecular formula is C21H26ClNO6S. The highest BCUT2D eigenvalue weighted by Gasteiger charge is 2.37. The molecule has 1 saturated heterocycles. The molecular weight excluding hydrogens is 430 g/mol. The van der Waals surface area contributed by atoms with Crippen molar-refractivity contribution in [3.8, 4) is 11.5 Å². The maximum absolute atomic E-state index is 12.6. The monoisotopic (exact) mass is 455 g/mol. The number of halogens is 1. The number of thioether (sulfide) groups is 1. The number of ether oxygens (including phenoxy) is 3. The number of rotatable bonds is 7. The number of esters is 1. The molecule has 2 rings (SSSR count). The Hall–Kier alpha value is -2.19. The number of amides is 2. The first-order valence-electron chi connectivity index (χ1n) is 9.51. The van der Waals surface area contributed by atoms with E-state index < -0.39 is 29.3 Å². The number of imide groups is 1. The molecule has 1 aromatic rings. The second kappa shape index (κ2) is 9.75. The first-order chi connectivity index (χ1) is 13.9. The molecule has 0 atom stereocenters. The Morgan fingerprint density at radius 1 is 1.27 bits per heavy atom. The van der Waals surface area contributed by atoms with Gasteiger partial charge in [-0.2, -0.15) is 0 Å². The van der Waals surface area contributed by atoms with E-state index in [9.17, 15) is 14.4 Å². The van der Waals surface area contributed by atoms with E-state index in [1.165, 1.54) is 6.08 Å². The summed E-state index contributed by atoms with van der Waals surface area (Å²) in [5.74, 6) is -0.350. The van der Waals surface area contributed by atoms with Gasteiger partial charge in [0.05, 0.1) is 22.6 Å². The summed E-state index contributed by atoms with van der Waals surface area (Å²) in [6, 6.07) is 3.32. The largest absolute Gasteiger partial charge is 0.490 e. The second-order valence-electron chi connectivity index (χ2n) is 7.78. The molecule has 1 aliphatic heterocycles. The van der Waals surface area contributed by atoms with Crippen LogP contribution >= 0.6 is 23.4 Å². The SMILES string of the molecule is CCOc1cc(C=C2SC(=O)N(CC(=O)OC(C)(C)C)C2=O)cc(Cl)c1OC(C)C. The van der Waals surface area contributed by atoms with Gasteiger partial charge >= 0.3 is 5.97 Å². The van der Waals surface area contributed by atoms with Gasteiger partial charge in [-0.05, 0) is 77.1 Å². The Bertz CT molecular complexity index is 875. The minimum Gasteiger partial charge on any atom is -0.490 e. The minimum absolute atomic E-state index is 0.100. The summed E-state index contributed by atoms with van der Waals surface area (Å²) in [6.07, 6.45) is 1.44. The summed E-state index contributed by atoms with van der Waals surface area (Å²) in [5.41, 5.74) is -0.136. The third-order valence-electron chi connectivity index (χ3n) is 3.56. The molecule has 1 fully saturated rings. The highest BCUT2D eigenvalue weighted by Crippen LogP contribution is 2.39. The van der Waals surface area contributed by atoms with Crippen LogP contribution in [0.5, 0.6) is 11.5 Å². The Morgan fingerprint density at radius 2 is 1.93 bits per heavy atom. The highest BCUT2D eigenvalue weighted by molar-refractivity contribution is 8.18. The smallest absolute Gasteiger partial charge is 0.326 e. The average Bonchev–Trinajstić information content (AvgIpc) is 2.84. The second-order valence-corrected chi connectivity index (χ2v) is 9.18. The lowest BCUT2D eigenvalue weighted by Crippen LogP contribution is -2.37. The summed E-state index contributed by atoms with van der Waals surface area (Å²) in [7, 11) is 0. The van der Waals surface area contributed by atoms with Crippen LogP contribution in [0.1, 0.15) is 47.1 Å². The zero-order valence-corrected chi connectivity index (χ0v) is 19.5. The molecule has 30 heavy (non-hydrogen) atoms. The number of hydrogen-bond donors (Lipinski definition) is 0. The van der Waals surface area contributed by atoms with Gasteiger partial charge in [0.25, 0.3) is 11.1 Å². The van der Waals surface area contributed by atoms with Crippen LogP contribution < -0.4 is 9.47 Å². The molecule has 0 bridgehead atoms. The topological polar surface area (TPSA) is 82.1 Å². The molecule has 1 aliphatic rings. The number of nitrogens with zero attached hydrogens (tertiary/aromatic N) is 1. The van der Waals surface area contributed by atoms with Crippen molar-refractivity contribution >= 4 is 46.6 Å². The third kappa shape index (κ3) is 6.40. The quantitative estimate of drug-likeness (QED) is 0.427. The van der Waals surface area contributed by atoms with Gasteiger partial charge in [-0.3, -0.25) is 19.3 Å². The van der Waals surface area contributed by atoms with Crippen LogP contribution in [0.25, 0.3) is 6.08 Å². The number of carbonyl (C=O) groups excluding carboxylic acids is 3. The molecule has 0 N–H and O–H groups in total. The van der Waals surface area contributed by atoms with Crippen molar-refractivity contribution < 1.29 is 28.6 Å². The Balaban J connectivity index is 2.27. The summed E-state index contributed by atoms with van der Waals surface area (Å²) < 4.78 is 16.5. The van der Waals surface area contributed by atoms with Gasteiger partial charge in [0.1, 0.15) is 12.1 Å². The average molecular weight is 456 g/mol. The molecule has 2 amide bonds. The summed E-state index contributed by atoms with van der Waals surface area (Å²) in [5, 5.41) is -0.207. The molecule has 1 aromatic carbocycles. The first kappa shape index (κ1) is 24.1. The fourth-order valence-corrected chi connectivity index (χ4v) is 3.68. The van der Waals surface area contributed by atoms with E-state index in [0.717, 1.165) is 16.7 Å². The zero-order valence-electron chi connectivity index (χ0n) is 17.9. The fourth-order valence-electron chi connectivity index (χ4n) is 2.57. The summed E-state index contributed by atoms with van der Waals surface area (Å²) in [4.78, 5) is 38.0. The molecule has 0 aromatic heterocycles. The van der Waals surface area contributed by atoms with Crippen LogP contribution in [-0.2, 0) is 14.3 Å². The van der Waals surface area contributed by atoms with E-state index in [4.69, 9.17) is 25.8 Å². The van der Waals surface area contributed by atoms with Gasteiger partial charge in [0, 0.05) is 0 Å². The van der Waals surface area contributed by atoms with Gasteiger partial charge < -0.3 is 14.2 Å². The van der Waals surface area contributed by atoms with Crippen molar-refractivity contribution in [2.24, 2.45) is 0 Å². The van der Waals surface area contributed by atoms with Crippen LogP contribution in [0.2, 0.25) is 5.02 Å². The van der Waals surface area contributed by atoms with E-state index in [1.807, 2.05) is 20.8 Å². The van der Waals surface area contributed by atoms with Gasteiger partial charge in [-0.25, -0.2) is 0 Å². The van der Waals surface area contributed by atoms with Gasteiger partial charge in [-0.1, -0.05) is 11.6 Å². The van der Waals surface area contributed by atoms with Crippen molar-refractivity contribution in [2.45, 2.75) is 53.2 Å². The van der Waals surface area contributed by atoms with Crippen molar-refractivity contribution in [2.75, 3.05) is 13.2 Å². The van der Waals surface area contributed by atoms with E-state index in [-0.39, 0.29) is 11.0 Å². The van der Waals surface area contributed by atoms with Crippen LogP contribution in [-0.4, -0.2) is 46.9 Å². The molecule has 0 saturated carbocycles. The Kier molecular flexibility index (Phi) is 7.82. The van der Waals surface area contributed by atoms with Gasteiger partial charge in [0.15, 0.2) is 11.5 Å². The standard InChI is InChI=1S/C21H26ClNO6S/c1-7-27-15-9-13(8-14(22)18(15)28-12(2)3)10-16-19(25)23(20(26)30-16)11-17(24)29-21(4,5)6/h8-10,12H,7,11H2,1-6H3. The third-order valence-corrected chi connectivity index (χ3v) is 4.75.